The number of thioether (sulfide) groups is 1. The molecule has 2 atom stereocenters. The molecular formula is C13H12F3NO4S. The molecule has 1 aliphatic heterocycles. The molecule has 0 aromatic heterocycles. The van der Waals surface area contributed by atoms with Crippen LogP contribution < -0.4 is 10.1 Å². The number of hydrogen-bond acceptors (Lipinski definition) is 4. The van der Waals surface area contributed by atoms with Gasteiger partial charge in [-0.15, -0.1) is 24.9 Å². The predicted molar refractivity (Wildman–Crippen MR) is 72.6 cm³/mol. The van der Waals surface area contributed by atoms with Crippen molar-refractivity contribution in [2.24, 2.45) is 0 Å². The number of aliphatic carboxylic acids is 1. The minimum atomic E-state index is -4.74. The van der Waals surface area contributed by atoms with Crippen LogP contribution in [0.1, 0.15) is 5.56 Å². The first-order chi connectivity index (χ1) is 10.2. The van der Waals surface area contributed by atoms with E-state index in [1.165, 1.54) is 36.0 Å². The van der Waals surface area contributed by atoms with Crippen LogP contribution in [0.25, 0.3) is 0 Å². The van der Waals surface area contributed by atoms with Crippen molar-refractivity contribution in [3.63, 3.8) is 0 Å². The van der Waals surface area contributed by atoms with Crippen LogP contribution in [0.5, 0.6) is 5.75 Å². The molecule has 2 N–H and O–H groups in total. The fraction of sp³-hybridized carbons (Fsp3) is 0.385. The van der Waals surface area contributed by atoms with Gasteiger partial charge < -0.3 is 15.2 Å². The molecule has 0 unspecified atom stereocenters. The number of rotatable bonds is 4. The van der Waals surface area contributed by atoms with E-state index < -0.39 is 23.6 Å². The lowest BCUT2D eigenvalue weighted by Crippen LogP contribution is -2.51. The maximum Gasteiger partial charge on any atom is 0.573 e. The highest BCUT2D eigenvalue weighted by atomic mass is 32.2. The number of alkyl halides is 3. The average Bonchev–Trinajstić information content (AvgIpc) is 2.41. The van der Waals surface area contributed by atoms with Crippen molar-refractivity contribution in [3.8, 4) is 5.75 Å². The van der Waals surface area contributed by atoms with E-state index in [1.54, 1.807) is 0 Å². The molecule has 22 heavy (non-hydrogen) atoms. The monoisotopic (exact) mass is 335 g/mol. The van der Waals surface area contributed by atoms with E-state index in [4.69, 9.17) is 5.11 Å². The lowest BCUT2D eigenvalue weighted by atomic mass is 10.1. The van der Waals surface area contributed by atoms with Gasteiger partial charge in [-0.3, -0.25) is 4.79 Å². The quantitative estimate of drug-likeness (QED) is 0.878. The van der Waals surface area contributed by atoms with Gasteiger partial charge in [0.05, 0.1) is 5.25 Å². The predicted octanol–water partition coefficient (Wildman–Crippen LogP) is 1.81. The van der Waals surface area contributed by atoms with Crippen LogP contribution in [0.15, 0.2) is 24.3 Å². The number of carbonyl (C=O) groups excluding carboxylic acids is 1. The number of carbonyl (C=O) groups is 2. The van der Waals surface area contributed by atoms with Gasteiger partial charge in [-0.1, -0.05) is 12.1 Å². The summed E-state index contributed by atoms with van der Waals surface area (Å²) in [6.07, 6.45) is -4.44. The Bertz CT molecular complexity index is 561. The Labute approximate surface area is 127 Å². The van der Waals surface area contributed by atoms with Gasteiger partial charge in [0.15, 0.2) is 0 Å². The summed E-state index contributed by atoms with van der Waals surface area (Å²) < 4.78 is 39.9. The van der Waals surface area contributed by atoms with Gasteiger partial charge in [0.1, 0.15) is 11.8 Å². The third kappa shape index (κ3) is 4.55. The van der Waals surface area contributed by atoms with Gasteiger partial charge >= 0.3 is 12.3 Å². The summed E-state index contributed by atoms with van der Waals surface area (Å²) >= 11 is 1.21. The average molecular weight is 335 g/mol. The van der Waals surface area contributed by atoms with Crippen LogP contribution in [-0.2, 0) is 16.0 Å². The summed E-state index contributed by atoms with van der Waals surface area (Å²) in [5, 5.41) is 10.7. The molecule has 0 spiro atoms. The molecule has 120 valence electrons. The molecule has 0 saturated carbocycles. The zero-order valence-corrected chi connectivity index (χ0v) is 11.9. The van der Waals surface area contributed by atoms with Gasteiger partial charge in [0, 0.05) is 5.75 Å². The van der Waals surface area contributed by atoms with Crippen LogP contribution in [0, 0.1) is 0 Å². The molecule has 2 rings (SSSR count). The van der Waals surface area contributed by atoms with Crippen molar-refractivity contribution in [3.05, 3.63) is 29.8 Å². The Kier molecular flexibility index (Phi) is 4.84. The Morgan fingerprint density at radius 2 is 2.00 bits per heavy atom. The smallest absolute Gasteiger partial charge is 0.480 e. The lowest BCUT2D eigenvalue weighted by Gasteiger charge is -2.26. The van der Waals surface area contributed by atoms with Gasteiger partial charge in [-0.25, -0.2) is 4.79 Å². The highest BCUT2D eigenvalue weighted by Crippen LogP contribution is 2.25. The highest BCUT2D eigenvalue weighted by molar-refractivity contribution is 8.00. The summed E-state index contributed by atoms with van der Waals surface area (Å²) in [5.74, 6) is -1.56. The number of ether oxygens (including phenoxy) is 1. The molecule has 0 bridgehead atoms. The van der Waals surface area contributed by atoms with Crippen LogP contribution in [0.4, 0.5) is 13.2 Å². The van der Waals surface area contributed by atoms with Crippen LogP contribution in [-0.4, -0.2) is 40.4 Å². The van der Waals surface area contributed by atoms with E-state index in [1.807, 2.05) is 0 Å². The van der Waals surface area contributed by atoms with Crippen LogP contribution in [0.2, 0.25) is 0 Å². The van der Waals surface area contributed by atoms with E-state index in [2.05, 4.69) is 10.1 Å². The van der Waals surface area contributed by atoms with E-state index in [9.17, 15) is 22.8 Å². The molecule has 0 radical (unpaired) electrons. The van der Waals surface area contributed by atoms with Crippen molar-refractivity contribution < 1.29 is 32.6 Å². The maximum absolute atomic E-state index is 12.0. The second kappa shape index (κ2) is 6.47. The Morgan fingerprint density at radius 1 is 1.36 bits per heavy atom. The SMILES string of the molecule is O=C(O)[C@@H]1CS[C@H](Cc2ccc(OC(F)(F)F)cc2)C(=O)N1. The number of halogens is 3. The van der Waals surface area contributed by atoms with Crippen molar-refractivity contribution in [2.75, 3.05) is 5.75 Å². The minimum absolute atomic E-state index is 0.251. The normalized spacial score (nSPS) is 22.0. The largest absolute Gasteiger partial charge is 0.573 e. The van der Waals surface area contributed by atoms with Crippen molar-refractivity contribution >= 4 is 23.6 Å². The third-order valence-electron chi connectivity index (χ3n) is 2.95. The molecule has 1 heterocycles. The first kappa shape index (κ1) is 16.5. The number of carboxylic acids is 1. The first-order valence-corrected chi connectivity index (χ1v) is 7.29. The molecule has 1 aliphatic rings. The topological polar surface area (TPSA) is 75.6 Å². The van der Waals surface area contributed by atoms with Crippen LogP contribution >= 0.6 is 11.8 Å². The van der Waals surface area contributed by atoms with Gasteiger partial charge in [0.25, 0.3) is 0 Å². The molecule has 1 amide bonds. The van der Waals surface area contributed by atoms with Crippen molar-refractivity contribution in [1.29, 1.82) is 0 Å². The number of benzene rings is 1. The molecule has 1 fully saturated rings. The van der Waals surface area contributed by atoms with Gasteiger partial charge in [0.2, 0.25) is 5.91 Å². The molecule has 1 saturated heterocycles. The number of hydrogen-bond donors (Lipinski definition) is 2. The van der Waals surface area contributed by atoms with Crippen molar-refractivity contribution in [2.45, 2.75) is 24.1 Å². The van der Waals surface area contributed by atoms with Crippen LogP contribution in [0.3, 0.4) is 0 Å². The zero-order chi connectivity index (χ0) is 16.3. The molecule has 9 heteroatoms. The second-order valence-corrected chi connectivity index (χ2v) is 5.85. The zero-order valence-electron chi connectivity index (χ0n) is 11.1. The fourth-order valence-electron chi connectivity index (χ4n) is 1.92. The summed E-state index contributed by atoms with van der Waals surface area (Å²) in [4.78, 5) is 22.6. The lowest BCUT2D eigenvalue weighted by molar-refractivity contribution is -0.274. The maximum atomic E-state index is 12.0. The summed E-state index contributed by atoms with van der Waals surface area (Å²) in [6, 6.07) is 4.33. The van der Waals surface area contributed by atoms with E-state index in [0.717, 1.165) is 0 Å². The van der Waals surface area contributed by atoms with E-state index in [-0.39, 0.29) is 17.4 Å². The Hall–Kier alpha value is -1.90. The summed E-state index contributed by atoms with van der Waals surface area (Å²) in [7, 11) is 0. The minimum Gasteiger partial charge on any atom is -0.480 e. The van der Waals surface area contributed by atoms with E-state index >= 15 is 0 Å². The number of amides is 1. The molecule has 0 aliphatic carbocycles. The number of carboxylic acid groups (broad SMARTS) is 1. The third-order valence-corrected chi connectivity index (χ3v) is 4.26. The highest BCUT2D eigenvalue weighted by Gasteiger charge is 2.33. The van der Waals surface area contributed by atoms with Gasteiger partial charge in [-0.05, 0) is 24.1 Å². The molecule has 1 aromatic rings. The fourth-order valence-corrected chi connectivity index (χ4v) is 3.10. The summed E-state index contributed by atoms with van der Waals surface area (Å²) in [6.45, 7) is 0. The molecule has 5 nitrogen and oxygen atoms in total. The molecular weight excluding hydrogens is 323 g/mol. The standard InChI is InChI=1S/C13H12F3NO4S/c14-13(15,16)21-8-3-1-7(2-4-8)5-10-11(18)17-9(6-22-10)12(19)20/h1-4,9-10H,5-6H2,(H,17,18)(H,19,20)/t9-,10+/m0/s1. The first-order valence-electron chi connectivity index (χ1n) is 6.24. The second-order valence-electron chi connectivity index (χ2n) is 4.62. The number of nitrogens with one attached hydrogen (secondary N) is 1. The molecule has 1 aromatic carbocycles. The Morgan fingerprint density at radius 3 is 2.50 bits per heavy atom. The summed E-state index contributed by atoms with van der Waals surface area (Å²) in [5.41, 5.74) is 0.663. The van der Waals surface area contributed by atoms with Gasteiger partial charge in [-0.2, -0.15) is 0 Å². The Balaban J connectivity index is 1.94. The van der Waals surface area contributed by atoms with Crippen molar-refractivity contribution in [1.82, 2.24) is 5.32 Å². The van der Waals surface area contributed by atoms with E-state index in [0.29, 0.717) is 12.0 Å².